The number of aliphatic imine (C=N–C) groups is 1. The predicted octanol–water partition coefficient (Wildman–Crippen LogP) is 3.94. The van der Waals surface area contributed by atoms with Crippen LogP contribution in [0.25, 0.3) is 0 Å². The summed E-state index contributed by atoms with van der Waals surface area (Å²) in [5.74, 6) is 0.541. The molecule has 1 N–H and O–H groups in total. The monoisotopic (exact) mass is 508 g/mol. The van der Waals surface area contributed by atoms with Crippen LogP contribution in [0, 0.1) is 0 Å². The highest BCUT2D eigenvalue weighted by atomic mass is 32.2. The van der Waals surface area contributed by atoms with Gasteiger partial charge in [0, 0.05) is 18.0 Å². The van der Waals surface area contributed by atoms with Crippen LogP contribution in [0.15, 0.2) is 70.0 Å². The SMILES string of the molecule is CCOC(=O)C1=C(C)N=C2SC=C(CC(=O)NCc3ccccn3)N2[C@@H]1c1cc(OC)cc(OC)c1. The van der Waals surface area contributed by atoms with Crippen LogP contribution in [0.5, 0.6) is 11.5 Å². The summed E-state index contributed by atoms with van der Waals surface area (Å²) >= 11 is 1.41. The van der Waals surface area contributed by atoms with E-state index >= 15 is 0 Å². The predicted molar refractivity (Wildman–Crippen MR) is 137 cm³/mol. The van der Waals surface area contributed by atoms with E-state index in [1.165, 1.54) is 11.8 Å². The maximum absolute atomic E-state index is 13.1. The standard InChI is InChI=1S/C26H28N4O5S/c1-5-35-25(32)23-16(2)29-26-30(24(23)17-10-20(33-3)13-21(11-17)34-4)19(15-36-26)12-22(31)28-14-18-8-6-7-9-27-18/h6-11,13,15,24H,5,12,14H2,1-4H3,(H,28,31)/t24-/m1/s1. The number of rotatable bonds is 9. The number of thioether (sulfide) groups is 1. The Kier molecular flexibility index (Phi) is 7.94. The topological polar surface area (TPSA) is 102 Å². The largest absolute Gasteiger partial charge is 0.497 e. The molecule has 2 aliphatic rings. The van der Waals surface area contributed by atoms with Crippen molar-refractivity contribution in [3.05, 3.63) is 76.2 Å². The first-order valence-corrected chi connectivity index (χ1v) is 12.3. The molecule has 1 aromatic carbocycles. The van der Waals surface area contributed by atoms with Gasteiger partial charge in [-0.15, -0.1) is 0 Å². The number of aromatic nitrogens is 1. The Balaban J connectivity index is 1.67. The summed E-state index contributed by atoms with van der Waals surface area (Å²) < 4.78 is 16.4. The summed E-state index contributed by atoms with van der Waals surface area (Å²) in [7, 11) is 3.14. The molecule has 9 nitrogen and oxygen atoms in total. The van der Waals surface area contributed by atoms with E-state index in [1.807, 2.05) is 40.6 Å². The number of nitrogens with zero attached hydrogens (tertiary/aromatic N) is 3. The Morgan fingerprint density at radius 3 is 2.53 bits per heavy atom. The Morgan fingerprint density at radius 2 is 1.89 bits per heavy atom. The molecule has 2 aromatic rings. The van der Waals surface area contributed by atoms with Crippen LogP contribution in [-0.4, -0.2) is 47.8 Å². The van der Waals surface area contributed by atoms with Crippen molar-refractivity contribution in [3.63, 3.8) is 0 Å². The van der Waals surface area contributed by atoms with E-state index in [0.717, 1.165) is 17.0 Å². The molecule has 10 heteroatoms. The Bertz CT molecular complexity index is 1220. The van der Waals surface area contributed by atoms with Crippen LogP contribution in [0.2, 0.25) is 0 Å². The number of amidine groups is 1. The Morgan fingerprint density at radius 1 is 1.14 bits per heavy atom. The number of amides is 1. The highest BCUT2D eigenvalue weighted by molar-refractivity contribution is 8.16. The maximum Gasteiger partial charge on any atom is 0.338 e. The second-order valence-corrected chi connectivity index (χ2v) is 8.87. The summed E-state index contributed by atoms with van der Waals surface area (Å²) in [6.07, 6.45) is 1.79. The van der Waals surface area contributed by atoms with Crippen molar-refractivity contribution in [1.82, 2.24) is 15.2 Å². The average Bonchev–Trinajstić information content (AvgIpc) is 3.28. The van der Waals surface area contributed by atoms with E-state index in [9.17, 15) is 9.59 Å². The van der Waals surface area contributed by atoms with Crippen LogP contribution in [0.4, 0.5) is 0 Å². The lowest BCUT2D eigenvalue weighted by Gasteiger charge is -2.36. The van der Waals surface area contributed by atoms with Crippen LogP contribution in [-0.2, 0) is 20.9 Å². The number of carbonyl (C=O) groups excluding carboxylic acids is 2. The van der Waals surface area contributed by atoms with Crippen molar-refractivity contribution in [3.8, 4) is 11.5 Å². The van der Waals surface area contributed by atoms with Gasteiger partial charge in [-0.2, -0.15) is 0 Å². The van der Waals surface area contributed by atoms with Crippen LogP contribution < -0.4 is 14.8 Å². The Labute approximate surface area is 214 Å². The van der Waals surface area contributed by atoms with E-state index < -0.39 is 12.0 Å². The molecule has 0 saturated carbocycles. The summed E-state index contributed by atoms with van der Waals surface area (Å²) in [5.41, 5.74) is 3.21. The number of hydrogen-bond acceptors (Lipinski definition) is 9. The molecule has 1 atom stereocenters. The zero-order valence-corrected chi connectivity index (χ0v) is 21.4. The van der Waals surface area contributed by atoms with Gasteiger partial charge in [-0.05, 0) is 49.1 Å². The minimum Gasteiger partial charge on any atom is -0.497 e. The summed E-state index contributed by atoms with van der Waals surface area (Å²) in [6, 6.07) is 10.4. The molecule has 2 aliphatic heterocycles. The van der Waals surface area contributed by atoms with Gasteiger partial charge in [-0.25, -0.2) is 9.79 Å². The van der Waals surface area contributed by atoms with Crippen molar-refractivity contribution in [2.24, 2.45) is 4.99 Å². The van der Waals surface area contributed by atoms with Gasteiger partial charge in [0.05, 0.1) is 56.8 Å². The molecular weight excluding hydrogens is 480 g/mol. The van der Waals surface area contributed by atoms with Gasteiger partial charge in [-0.1, -0.05) is 17.8 Å². The van der Waals surface area contributed by atoms with Gasteiger partial charge < -0.3 is 24.4 Å². The fourth-order valence-corrected chi connectivity index (χ4v) is 5.03. The molecule has 0 radical (unpaired) electrons. The van der Waals surface area contributed by atoms with E-state index in [2.05, 4.69) is 15.3 Å². The zero-order valence-electron chi connectivity index (χ0n) is 20.6. The highest BCUT2D eigenvalue weighted by Gasteiger charge is 2.41. The molecule has 188 valence electrons. The van der Waals surface area contributed by atoms with Gasteiger partial charge >= 0.3 is 5.97 Å². The van der Waals surface area contributed by atoms with Crippen molar-refractivity contribution in [2.75, 3.05) is 20.8 Å². The normalized spacial score (nSPS) is 16.7. The fourth-order valence-electron chi connectivity index (χ4n) is 4.06. The number of pyridine rings is 1. The summed E-state index contributed by atoms with van der Waals surface area (Å²) in [6.45, 7) is 4.11. The van der Waals surface area contributed by atoms with Gasteiger partial charge in [0.25, 0.3) is 0 Å². The second-order valence-electron chi connectivity index (χ2n) is 8.03. The smallest absolute Gasteiger partial charge is 0.338 e. The zero-order chi connectivity index (χ0) is 25.7. The van der Waals surface area contributed by atoms with Gasteiger partial charge in [0.15, 0.2) is 5.17 Å². The number of hydrogen-bond donors (Lipinski definition) is 1. The van der Waals surface area contributed by atoms with E-state index in [4.69, 9.17) is 14.2 Å². The number of carbonyl (C=O) groups is 2. The van der Waals surface area contributed by atoms with E-state index in [0.29, 0.717) is 34.5 Å². The van der Waals surface area contributed by atoms with Gasteiger partial charge in [0.2, 0.25) is 5.91 Å². The summed E-state index contributed by atoms with van der Waals surface area (Å²) in [4.78, 5) is 36.8. The number of allylic oxidation sites excluding steroid dienone is 1. The number of esters is 1. The highest BCUT2D eigenvalue weighted by Crippen LogP contribution is 2.46. The lowest BCUT2D eigenvalue weighted by Crippen LogP contribution is -2.38. The maximum atomic E-state index is 13.1. The molecule has 1 aromatic heterocycles. The van der Waals surface area contributed by atoms with Crippen molar-refractivity contribution in [2.45, 2.75) is 32.9 Å². The average molecular weight is 509 g/mol. The molecule has 4 rings (SSSR count). The molecule has 1 amide bonds. The number of fused-ring (bicyclic) bond motifs is 1. The van der Waals surface area contributed by atoms with Crippen molar-refractivity contribution >= 4 is 28.8 Å². The number of benzene rings is 1. The molecule has 0 bridgehead atoms. The van der Waals surface area contributed by atoms with Gasteiger partial charge in [0.1, 0.15) is 11.5 Å². The van der Waals surface area contributed by atoms with Crippen molar-refractivity contribution in [1.29, 1.82) is 0 Å². The first kappa shape index (κ1) is 25.3. The minimum atomic E-state index is -0.578. The molecule has 0 aliphatic carbocycles. The second kappa shape index (κ2) is 11.3. The minimum absolute atomic E-state index is 0.103. The number of methoxy groups -OCH3 is 2. The molecule has 0 fully saturated rings. The van der Waals surface area contributed by atoms with E-state index in [1.54, 1.807) is 40.3 Å². The molecule has 0 unspecified atom stereocenters. The third kappa shape index (κ3) is 5.38. The molecule has 3 heterocycles. The van der Waals surface area contributed by atoms with Crippen LogP contribution in [0.1, 0.15) is 37.6 Å². The first-order chi connectivity index (χ1) is 17.4. The van der Waals surface area contributed by atoms with Gasteiger partial charge in [-0.3, -0.25) is 9.78 Å². The molecule has 36 heavy (non-hydrogen) atoms. The van der Waals surface area contributed by atoms with Crippen LogP contribution in [0.3, 0.4) is 0 Å². The third-order valence-corrected chi connectivity index (χ3v) is 6.61. The lowest BCUT2D eigenvalue weighted by molar-refractivity contribution is -0.139. The lowest BCUT2D eigenvalue weighted by atomic mass is 9.93. The molecule has 0 spiro atoms. The fraction of sp³-hybridized carbons (Fsp3) is 0.308. The van der Waals surface area contributed by atoms with E-state index in [-0.39, 0.29) is 18.9 Å². The number of ether oxygens (including phenoxy) is 3. The summed E-state index contributed by atoms with van der Waals surface area (Å²) in [5, 5.41) is 5.49. The number of nitrogens with one attached hydrogen (secondary N) is 1. The molecular formula is C26H28N4O5S. The Hall–Kier alpha value is -3.79. The quantitative estimate of drug-likeness (QED) is 0.508. The molecule has 0 saturated heterocycles. The van der Waals surface area contributed by atoms with Crippen LogP contribution >= 0.6 is 11.8 Å². The third-order valence-electron chi connectivity index (χ3n) is 5.72. The van der Waals surface area contributed by atoms with Crippen molar-refractivity contribution < 1.29 is 23.8 Å². The first-order valence-electron chi connectivity index (χ1n) is 11.5.